The highest BCUT2D eigenvalue weighted by Crippen LogP contribution is 2.44. The van der Waals surface area contributed by atoms with Crippen LogP contribution in [0.15, 0.2) is 70.1 Å². The van der Waals surface area contributed by atoms with Crippen molar-refractivity contribution in [3.63, 3.8) is 0 Å². The van der Waals surface area contributed by atoms with Gasteiger partial charge in [-0.25, -0.2) is 0 Å². The van der Waals surface area contributed by atoms with E-state index in [4.69, 9.17) is 9.47 Å². The van der Waals surface area contributed by atoms with Gasteiger partial charge in [0.05, 0.1) is 39.2 Å². The molecule has 0 heterocycles. The first-order valence-corrected chi connectivity index (χ1v) is 20.3. The molecule has 9 heteroatoms. The lowest BCUT2D eigenvalue weighted by molar-refractivity contribution is 0.305. The highest BCUT2D eigenvalue weighted by atomic mass is 79.9. The van der Waals surface area contributed by atoms with Gasteiger partial charge < -0.3 is 9.47 Å². The first-order chi connectivity index (χ1) is 18.3. The predicted octanol–water partition coefficient (Wildman–Crippen LogP) is 11.2. The second-order valence-electron chi connectivity index (χ2n) is 10.9. The van der Waals surface area contributed by atoms with Crippen LogP contribution in [0.5, 0.6) is 11.5 Å². The van der Waals surface area contributed by atoms with Crippen molar-refractivity contribution in [2.45, 2.75) is 74.4 Å². The van der Waals surface area contributed by atoms with E-state index in [0.29, 0.717) is 13.2 Å². The minimum Gasteiger partial charge on any atom is -0.491 e. The standard InChI is InChI=1S/C30H36Br4O2S2Si/c1-6-7-9-35-28-24(31)12-19(13-25(28)32)30(2,3)20-14-26(33)29(27(34)15-20)36-10-8-11-39(4,5)23-17-21(37)16-22(38)18-23/h12-18,37-38H,6-11H2,1-5H3. The lowest BCUT2D eigenvalue weighted by Crippen LogP contribution is -2.41. The van der Waals surface area contributed by atoms with Crippen LogP contribution in [0.1, 0.15) is 51.2 Å². The third-order valence-electron chi connectivity index (χ3n) is 7.06. The molecule has 0 saturated carbocycles. The van der Waals surface area contributed by atoms with E-state index in [9.17, 15) is 0 Å². The first-order valence-electron chi connectivity index (χ1n) is 13.0. The molecule has 0 aromatic heterocycles. The summed E-state index contributed by atoms with van der Waals surface area (Å²) in [5.74, 6) is 1.69. The van der Waals surface area contributed by atoms with E-state index in [1.54, 1.807) is 0 Å². The van der Waals surface area contributed by atoms with Gasteiger partial charge in [-0.3, -0.25) is 0 Å². The quantitative estimate of drug-likeness (QED) is 0.108. The molecule has 0 unspecified atom stereocenters. The Balaban J connectivity index is 1.72. The average molecular weight is 840 g/mol. The number of unbranched alkanes of at least 4 members (excludes halogenated alkanes) is 1. The molecule has 0 saturated heterocycles. The summed E-state index contributed by atoms with van der Waals surface area (Å²) in [7, 11) is -1.62. The number of halogens is 4. The van der Waals surface area contributed by atoms with Crippen LogP contribution in [-0.2, 0) is 5.41 Å². The molecule has 0 aliphatic heterocycles. The van der Waals surface area contributed by atoms with Crippen molar-refractivity contribution in [2.75, 3.05) is 13.2 Å². The van der Waals surface area contributed by atoms with Crippen LogP contribution in [0.4, 0.5) is 0 Å². The monoisotopic (exact) mass is 836 g/mol. The van der Waals surface area contributed by atoms with Crippen molar-refractivity contribution in [1.29, 1.82) is 0 Å². The minimum atomic E-state index is -1.62. The van der Waals surface area contributed by atoms with Crippen molar-refractivity contribution < 1.29 is 9.47 Å². The molecule has 3 rings (SSSR count). The van der Waals surface area contributed by atoms with Gasteiger partial charge in [-0.1, -0.05) is 51.5 Å². The number of hydrogen-bond acceptors (Lipinski definition) is 4. The molecule has 0 bridgehead atoms. The highest BCUT2D eigenvalue weighted by molar-refractivity contribution is 9.11. The van der Waals surface area contributed by atoms with Crippen LogP contribution in [0, 0.1) is 0 Å². The molecule has 2 nitrogen and oxygen atoms in total. The Morgan fingerprint density at radius 1 is 0.692 bits per heavy atom. The lowest BCUT2D eigenvalue weighted by Gasteiger charge is -2.28. The smallest absolute Gasteiger partial charge is 0.147 e. The summed E-state index contributed by atoms with van der Waals surface area (Å²) in [6.07, 6.45) is 3.12. The number of thiol groups is 2. The normalized spacial score (nSPS) is 12.1. The van der Waals surface area contributed by atoms with Crippen LogP contribution in [0.2, 0.25) is 19.1 Å². The molecule has 0 N–H and O–H groups in total. The topological polar surface area (TPSA) is 18.5 Å². The Labute approximate surface area is 279 Å². The summed E-state index contributed by atoms with van der Waals surface area (Å²) in [5, 5.41) is 1.38. The van der Waals surface area contributed by atoms with Crippen LogP contribution >= 0.6 is 89.0 Å². The van der Waals surface area contributed by atoms with Crippen LogP contribution in [0.3, 0.4) is 0 Å². The largest absolute Gasteiger partial charge is 0.491 e. The van der Waals surface area contributed by atoms with E-state index in [0.717, 1.165) is 64.5 Å². The first kappa shape index (κ1) is 33.6. The molecule has 212 valence electrons. The van der Waals surface area contributed by atoms with Gasteiger partial charge in [-0.05, 0) is 130 Å². The highest BCUT2D eigenvalue weighted by Gasteiger charge is 2.28. The van der Waals surface area contributed by atoms with Crippen molar-refractivity contribution in [3.8, 4) is 11.5 Å². The summed E-state index contributed by atoms with van der Waals surface area (Å²) in [6.45, 7) is 12.8. The SMILES string of the molecule is CCCCOc1c(Br)cc(C(C)(C)c2cc(Br)c(OCCC[Si](C)(C)c3cc(S)cc(S)c3)c(Br)c2)cc1Br. The molecule has 0 fully saturated rings. The van der Waals surface area contributed by atoms with Gasteiger partial charge in [0.25, 0.3) is 0 Å². The summed E-state index contributed by atoms with van der Waals surface area (Å²) in [4.78, 5) is 1.95. The molecule has 39 heavy (non-hydrogen) atoms. The summed E-state index contributed by atoms with van der Waals surface area (Å²) < 4.78 is 16.1. The zero-order valence-corrected chi connectivity index (χ0v) is 32.1. The molecule has 0 spiro atoms. The summed E-state index contributed by atoms with van der Waals surface area (Å²) in [5.41, 5.74) is 2.10. The molecule has 0 amide bonds. The zero-order chi connectivity index (χ0) is 29.0. The number of benzene rings is 3. The molecule has 0 radical (unpaired) electrons. The second kappa shape index (κ2) is 14.5. The average Bonchev–Trinajstić information content (AvgIpc) is 2.84. The van der Waals surface area contributed by atoms with E-state index < -0.39 is 8.07 Å². The van der Waals surface area contributed by atoms with E-state index in [-0.39, 0.29) is 5.41 Å². The fraction of sp³-hybridized carbons (Fsp3) is 0.400. The molecule has 0 atom stereocenters. The third-order valence-corrected chi connectivity index (χ3v) is 13.4. The number of ether oxygens (including phenoxy) is 2. The Kier molecular flexibility index (Phi) is 12.5. The van der Waals surface area contributed by atoms with Crippen LogP contribution in [-0.4, -0.2) is 21.3 Å². The van der Waals surface area contributed by atoms with Crippen molar-refractivity contribution >= 4 is 102 Å². The molecule has 0 aliphatic carbocycles. The predicted molar refractivity (Wildman–Crippen MR) is 189 cm³/mol. The van der Waals surface area contributed by atoms with Gasteiger partial charge in [-0.15, -0.1) is 25.3 Å². The van der Waals surface area contributed by atoms with Gasteiger partial charge in [0.15, 0.2) is 0 Å². The Morgan fingerprint density at radius 3 is 1.51 bits per heavy atom. The molecular weight excluding hydrogens is 804 g/mol. The maximum atomic E-state index is 6.29. The van der Waals surface area contributed by atoms with Crippen LogP contribution in [0.25, 0.3) is 0 Å². The van der Waals surface area contributed by atoms with Crippen molar-refractivity contribution in [2.24, 2.45) is 0 Å². The number of rotatable bonds is 12. The third kappa shape index (κ3) is 8.80. The van der Waals surface area contributed by atoms with Gasteiger partial charge in [-0.2, -0.15) is 0 Å². The zero-order valence-electron chi connectivity index (χ0n) is 23.0. The fourth-order valence-corrected chi connectivity index (χ4v) is 10.6. The van der Waals surface area contributed by atoms with Gasteiger partial charge in [0.1, 0.15) is 11.5 Å². The Morgan fingerprint density at radius 2 is 1.10 bits per heavy atom. The number of hydrogen-bond donors (Lipinski definition) is 2. The minimum absolute atomic E-state index is 0.250. The van der Waals surface area contributed by atoms with E-state index in [1.165, 1.54) is 16.3 Å². The molecule has 0 aliphatic rings. The van der Waals surface area contributed by atoms with Crippen molar-refractivity contribution in [3.05, 3.63) is 71.5 Å². The van der Waals surface area contributed by atoms with Gasteiger partial charge in [0.2, 0.25) is 0 Å². The molecule has 3 aromatic carbocycles. The maximum Gasteiger partial charge on any atom is 0.147 e. The van der Waals surface area contributed by atoms with Crippen LogP contribution < -0.4 is 14.7 Å². The fourth-order valence-electron chi connectivity index (χ4n) is 4.42. The summed E-state index contributed by atoms with van der Waals surface area (Å²) in [6, 6.07) is 16.1. The Bertz CT molecular complexity index is 1250. The van der Waals surface area contributed by atoms with Gasteiger partial charge in [0, 0.05) is 15.2 Å². The Hall–Kier alpha value is 0.0969. The molecule has 3 aromatic rings. The van der Waals surface area contributed by atoms with E-state index in [1.807, 2.05) is 6.07 Å². The molecular formula is C30H36Br4O2S2Si. The lowest BCUT2D eigenvalue weighted by atomic mass is 9.78. The van der Waals surface area contributed by atoms with Crippen molar-refractivity contribution in [1.82, 2.24) is 0 Å². The van der Waals surface area contributed by atoms with E-state index in [2.05, 4.69) is 159 Å². The van der Waals surface area contributed by atoms with E-state index >= 15 is 0 Å². The summed E-state index contributed by atoms with van der Waals surface area (Å²) >= 11 is 24.1. The van der Waals surface area contributed by atoms with Gasteiger partial charge >= 0.3 is 0 Å². The maximum absolute atomic E-state index is 6.29. The second-order valence-corrected chi connectivity index (χ2v) is 20.2.